The summed E-state index contributed by atoms with van der Waals surface area (Å²) >= 11 is 6.38. The third-order valence-electron chi connectivity index (χ3n) is 3.76. The molecule has 2 atom stereocenters. The van der Waals surface area contributed by atoms with Crippen molar-refractivity contribution in [1.29, 1.82) is 0 Å². The van der Waals surface area contributed by atoms with E-state index in [0.717, 1.165) is 23.7 Å². The molecule has 0 aromatic heterocycles. The molecule has 0 spiro atoms. The van der Waals surface area contributed by atoms with Gasteiger partial charge in [0.1, 0.15) is 0 Å². The highest BCUT2D eigenvalue weighted by atomic mass is 127. The van der Waals surface area contributed by atoms with Gasteiger partial charge in [-0.1, -0.05) is 43.6 Å². The number of nitrogens with one attached hydrogen (secondary N) is 1. The van der Waals surface area contributed by atoms with Crippen LogP contribution in [0.1, 0.15) is 32.4 Å². The first-order valence-electron chi connectivity index (χ1n) is 8.07. The number of guanidine groups is 1. The van der Waals surface area contributed by atoms with Crippen molar-refractivity contribution in [2.24, 2.45) is 10.7 Å². The minimum atomic E-state index is 0. The molecule has 0 aliphatic rings. The normalized spacial score (nSPS) is 14.2. The van der Waals surface area contributed by atoms with Crippen molar-refractivity contribution in [3.63, 3.8) is 0 Å². The number of hydrogen-bond donors (Lipinski definition) is 2. The number of nitrogens with zero attached hydrogens (tertiary/aromatic N) is 2. The van der Waals surface area contributed by atoms with Crippen LogP contribution >= 0.6 is 35.6 Å². The first-order valence-corrected chi connectivity index (χ1v) is 8.45. The molecular formula is C17H30ClIN4O. The van der Waals surface area contributed by atoms with Crippen LogP contribution in [0.2, 0.25) is 5.02 Å². The Balaban J connectivity index is 0.00000529. The lowest BCUT2D eigenvalue weighted by molar-refractivity contribution is 0.179. The van der Waals surface area contributed by atoms with E-state index in [2.05, 4.69) is 35.1 Å². The zero-order valence-corrected chi connectivity index (χ0v) is 18.0. The zero-order valence-electron chi connectivity index (χ0n) is 15.0. The highest BCUT2D eigenvalue weighted by Gasteiger charge is 2.20. The van der Waals surface area contributed by atoms with Gasteiger partial charge in [-0.25, -0.2) is 0 Å². The number of rotatable bonds is 9. The summed E-state index contributed by atoms with van der Waals surface area (Å²) in [6, 6.07) is 8.14. The van der Waals surface area contributed by atoms with Gasteiger partial charge in [0.15, 0.2) is 5.96 Å². The Morgan fingerprint density at radius 2 is 1.96 bits per heavy atom. The lowest BCUT2D eigenvalue weighted by Crippen LogP contribution is -2.41. The Bertz CT molecular complexity index is 497. The van der Waals surface area contributed by atoms with E-state index in [0.29, 0.717) is 19.1 Å². The zero-order chi connectivity index (χ0) is 17.2. The van der Waals surface area contributed by atoms with Crippen molar-refractivity contribution in [2.45, 2.75) is 32.9 Å². The predicted molar refractivity (Wildman–Crippen MR) is 113 cm³/mol. The van der Waals surface area contributed by atoms with Crippen LogP contribution in [0.15, 0.2) is 29.3 Å². The Morgan fingerprint density at radius 1 is 1.33 bits per heavy atom. The smallest absolute Gasteiger partial charge is 0.188 e. The van der Waals surface area contributed by atoms with E-state index in [9.17, 15) is 0 Å². The Labute approximate surface area is 168 Å². The lowest BCUT2D eigenvalue weighted by Gasteiger charge is -2.29. The molecule has 24 heavy (non-hydrogen) atoms. The third-order valence-corrected chi connectivity index (χ3v) is 4.11. The van der Waals surface area contributed by atoms with E-state index >= 15 is 0 Å². The molecule has 0 saturated carbocycles. The number of methoxy groups -OCH3 is 1. The molecule has 0 bridgehead atoms. The Morgan fingerprint density at radius 3 is 2.50 bits per heavy atom. The van der Waals surface area contributed by atoms with Crippen LogP contribution in [0, 0.1) is 0 Å². The molecular weight excluding hydrogens is 439 g/mol. The highest BCUT2D eigenvalue weighted by Crippen LogP contribution is 2.27. The fraction of sp³-hybridized carbons (Fsp3) is 0.588. The number of benzene rings is 1. The van der Waals surface area contributed by atoms with Crippen molar-refractivity contribution < 1.29 is 4.74 Å². The van der Waals surface area contributed by atoms with E-state index in [-0.39, 0.29) is 36.1 Å². The van der Waals surface area contributed by atoms with Gasteiger partial charge in [-0.2, -0.15) is 0 Å². The van der Waals surface area contributed by atoms with E-state index in [1.54, 1.807) is 7.11 Å². The molecule has 0 heterocycles. The van der Waals surface area contributed by atoms with Gasteiger partial charge < -0.3 is 15.8 Å². The molecule has 0 radical (unpaired) electrons. The van der Waals surface area contributed by atoms with Gasteiger partial charge in [0, 0.05) is 18.2 Å². The van der Waals surface area contributed by atoms with Crippen LogP contribution in [0.25, 0.3) is 0 Å². The quantitative estimate of drug-likeness (QED) is 0.332. The van der Waals surface area contributed by atoms with Crippen molar-refractivity contribution in [3.05, 3.63) is 34.9 Å². The number of nitrogens with two attached hydrogens (primary N) is 1. The van der Waals surface area contributed by atoms with Crippen LogP contribution in [0.5, 0.6) is 0 Å². The summed E-state index contributed by atoms with van der Waals surface area (Å²) in [5, 5.41) is 3.89. The molecule has 0 aliphatic carbocycles. The van der Waals surface area contributed by atoms with Crippen LogP contribution in [-0.2, 0) is 4.74 Å². The molecule has 1 aromatic rings. The van der Waals surface area contributed by atoms with Gasteiger partial charge in [-0.05, 0) is 31.6 Å². The topological polar surface area (TPSA) is 62.9 Å². The largest absolute Gasteiger partial charge is 0.383 e. The standard InChI is InChI=1S/C17H29ClN4O.HI/c1-5-22(6-2)16(14-9-7-8-10-15(14)18)11-20-17(19)21-13(3)12-23-4;/h7-10,13,16H,5-6,11-12H2,1-4H3,(H3,19,20,21);1H. The van der Waals surface area contributed by atoms with Gasteiger partial charge in [0.2, 0.25) is 0 Å². The van der Waals surface area contributed by atoms with E-state index in [1.807, 2.05) is 25.1 Å². The van der Waals surface area contributed by atoms with Crippen LogP contribution in [-0.4, -0.2) is 50.3 Å². The second-order valence-corrected chi connectivity index (χ2v) is 5.89. The maximum absolute atomic E-state index is 6.38. The number of ether oxygens (including phenoxy) is 1. The van der Waals surface area contributed by atoms with Crippen molar-refractivity contribution in [1.82, 2.24) is 10.2 Å². The first-order chi connectivity index (χ1) is 11.0. The van der Waals surface area contributed by atoms with E-state index in [1.165, 1.54) is 0 Å². The van der Waals surface area contributed by atoms with Gasteiger partial charge in [0.05, 0.1) is 19.2 Å². The van der Waals surface area contributed by atoms with Crippen molar-refractivity contribution >= 4 is 41.5 Å². The maximum atomic E-state index is 6.38. The number of likely N-dealkylation sites (N-methyl/N-ethyl adjacent to an activating group) is 1. The Hall–Kier alpha value is -0.570. The van der Waals surface area contributed by atoms with Crippen LogP contribution in [0.4, 0.5) is 0 Å². The van der Waals surface area contributed by atoms with Crippen LogP contribution in [0.3, 0.4) is 0 Å². The first kappa shape index (κ1) is 23.4. The lowest BCUT2D eigenvalue weighted by atomic mass is 10.1. The molecule has 138 valence electrons. The summed E-state index contributed by atoms with van der Waals surface area (Å²) in [6.45, 7) is 9.27. The fourth-order valence-electron chi connectivity index (χ4n) is 2.59. The summed E-state index contributed by atoms with van der Waals surface area (Å²) in [4.78, 5) is 6.84. The monoisotopic (exact) mass is 468 g/mol. The minimum Gasteiger partial charge on any atom is -0.383 e. The molecule has 0 fully saturated rings. The molecule has 5 nitrogen and oxygen atoms in total. The maximum Gasteiger partial charge on any atom is 0.188 e. The number of aliphatic imine (C=N–C) groups is 1. The van der Waals surface area contributed by atoms with Crippen LogP contribution < -0.4 is 11.1 Å². The SMILES string of the molecule is CCN(CC)C(CN=C(N)NC(C)COC)c1ccccc1Cl.I. The summed E-state index contributed by atoms with van der Waals surface area (Å²) in [5.74, 6) is 0.429. The van der Waals surface area contributed by atoms with Crippen molar-refractivity contribution in [2.75, 3.05) is 33.4 Å². The summed E-state index contributed by atoms with van der Waals surface area (Å²) in [5.41, 5.74) is 7.07. The van der Waals surface area contributed by atoms with E-state index in [4.69, 9.17) is 22.1 Å². The molecule has 7 heteroatoms. The third kappa shape index (κ3) is 7.55. The molecule has 1 aromatic carbocycles. The minimum absolute atomic E-state index is 0. The highest BCUT2D eigenvalue weighted by molar-refractivity contribution is 14.0. The van der Waals surface area contributed by atoms with Gasteiger partial charge in [-0.15, -0.1) is 24.0 Å². The molecule has 3 N–H and O–H groups in total. The average molecular weight is 469 g/mol. The fourth-order valence-corrected chi connectivity index (χ4v) is 2.86. The Kier molecular flexibility index (Phi) is 12.4. The summed E-state index contributed by atoms with van der Waals surface area (Å²) in [6.07, 6.45) is 0. The molecule has 1 rings (SSSR count). The van der Waals surface area contributed by atoms with E-state index < -0.39 is 0 Å². The van der Waals surface area contributed by atoms with Crippen molar-refractivity contribution in [3.8, 4) is 0 Å². The van der Waals surface area contributed by atoms with Gasteiger partial charge in [-0.3, -0.25) is 9.89 Å². The second kappa shape index (κ2) is 12.7. The second-order valence-electron chi connectivity index (χ2n) is 5.49. The molecule has 0 aliphatic heterocycles. The van der Waals surface area contributed by atoms with Gasteiger partial charge >= 0.3 is 0 Å². The summed E-state index contributed by atoms with van der Waals surface area (Å²) in [7, 11) is 1.67. The number of hydrogen-bond acceptors (Lipinski definition) is 3. The van der Waals surface area contributed by atoms with Gasteiger partial charge in [0.25, 0.3) is 0 Å². The summed E-state index contributed by atoms with van der Waals surface area (Å²) < 4.78 is 5.09. The predicted octanol–water partition coefficient (Wildman–Crippen LogP) is 3.28. The number of halogens is 2. The molecule has 0 amide bonds. The molecule has 2 unspecified atom stereocenters. The molecule has 0 saturated heterocycles. The average Bonchev–Trinajstić information content (AvgIpc) is 2.52.